The van der Waals surface area contributed by atoms with Gasteiger partial charge in [0, 0.05) is 0 Å². The highest BCUT2D eigenvalue weighted by Crippen LogP contribution is 2.24. The van der Waals surface area contributed by atoms with E-state index in [-0.39, 0.29) is 5.82 Å². The number of rotatable bonds is 3. The number of nitrogens with two attached hydrogens (primary N) is 1. The van der Waals surface area contributed by atoms with E-state index in [0.717, 1.165) is 12.8 Å². The third kappa shape index (κ3) is 1.80. The predicted octanol–water partition coefficient (Wildman–Crippen LogP) is 2.68. The maximum absolute atomic E-state index is 13.5. The van der Waals surface area contributed by atoms with Crippen molar-refractivity contribution < 1.29 is 4.39 Å². The normalized spacial score (nSPS) is 15.2. The number of aromatic amines is 1. The number of nitrogens with one attached hydrogen (secondary N) is 1. The second-order valence-corrected chi connectivity index (χ2v) is 4.39. The van der Waals surface area contributed by atoms with E-state index in [1.807, 2.05) is 6.92 Å². The number of nitrogens with zero attached hydrogens (tertiary/aromatic N) is 1. The topological polar surface area (TPSA) is 54.7 Å². The van der Waals surface area contributed by atoms with Crippen LogP contribution in [-0.4, -0.2) is 9.97 Å². The monoisotopic (exact) mass is 221 g/mol. The summed E-state index contributed by atoms with van der Waals surface area (Å²) in [6.07, 6.45) is 1.78. The Balaban J connectivity index is 2.51. The van der Waals surface area contributed by atoms with E-state index in [2.05, 4.69) is 16.9 Å². The predicted molar refractivity (Wildman–Crippen MR) is 62.5 cm³/mol. The van der Waals surface area contributed by atoms with Gasteiger partial charge in [0.15, 0.2) is 5.82 Å². The molecule has 0 fully saturated rings. The molecule has 0 aliphatic rings. The number of halogens is 1. The zero-order valence-corrected chi connectivity index (χ0v) is 9.55. The van der Waals surface area contributed by atoms with Crippen molar-refractivity contribution in [1.82, 2.24) is 9.97 Å². The summed E-state index contributed by atoms with van der Waals surface area (Å²) in [7, 11) is 0. The Morgan fingerprint density at radius 3 is 2.88 bits per heavy atom. The highest BCUT2D eigenvalue weighted by atomic mass is 19.1. The molecule has 1 heterocycles. The van der Waals surface area contributed by atoms with Gasteiger partial charge in [-0.3, -0.25) is 0 Å². The summed E-state index contributed by atoms with van der Waals surface area (Å²) < 4.78 is 13.5. The zero-order valence-electron chi connectivity index (χ0n) is 9.55. The van der Waals surface area contributed by atoms with Crippen LogP contribution in [0.5, 0.6) is 0 Å². The van der Waals surface area contributed by atoms with Crippen LogP contribution in [0.4, 0.5) is 4.39 Å². The summed E-state index contributed by atoms with van der Waals surface area (Å²) in [6, 6.07) is 4.87. The van der Waals surface area contributed by atoms with Gasteiger partial charge in [-0.25, -0.2) is 9.37 Å². The molecule has 4 heteroatoms. The van der Waals surface area contributed by atoms with Gasteiger partial charge in [0.25, 0.3) is 0 Å². The minimum atomic E-state index is -0.528. The highest BCUT2D eigenvalue weighted by Gasteiger charge is 2.24. The first-order valence-electron chi connectivity index (χ1n) is 5.48. The Kier molecular flexibility index (Phi) is 2.68. The first-order valence-corrected chi connectivity index (χ1v) is 5.48. The van der Waals surface area contributed by atoms with Gasteiger partial charge in [-0.05, 0) is 25.5 Å². The van der Waals surface area contributed by atoms with Crippen LogP contribution in [0, 0.1) is 5.82 Å². The second-order valence-electron chi connectivity index (χ2n) is 4.39. The molecule has 0 aliphatic heterocycles. The molecule has 0 saturated heterocycles. The molecule has 1 aromatic carbocycles. The first-order chi connectivity index (χ1) is 7.54. The van der Waals surface area contributed by atoms with Gasteiger partial charge < -0.3 is 10.7 Å². The Morgan fingerprint density at radius 1 is 1.50 bits per heavy atom. The molecular weight excluding hydrogens is 205 g/mol. The van der Waals surface area contributed by atoms with Gasteiger partial charge in [-0.2, -0.15) is 0 Å². The Bertz CT molecular complexity index is 502. The average Bonchev–Trinajstić information content (AvgIpc) is 2.63. The van der Waals surface area contributed by atoms with Gasteiger partial charge in [-0.15, -0.1) is 0 Å². The molecule has 0 radical (unpaired) electrons. The molecule has 1 atom stereocenters. The number of benzene rings is 1. The molecule has 2 aromatic rings. The maximum Gasteiger partial charge on any atom is 0.151 e. The Hall–Kier alpha value is -1.42. The van der Waals surface area contributed by atoms with Crippen LogP contribution < -0.4 is 5.73 Å². The molecule has 1 aromatic heterocycles. The van der Waals surface area contributed by atoms with Crippen molar-refractivity contribution in [1.29, 1.82) is 0 Å². The summed E-state index contributed by atoms with van der Waals surface area (Å²) in [5, 5.41) is 0. The highest BCUT2D eigenvalue weighted by molar-refractivity contribution is 5.75. The summed E-state index contributed by atoms with van der Waals surface area (Å²) in [5.41, 5.74) is 6.68. The molecule has 3 nitrogen and oxygen atoms in total. The van der Waals surface area contributed by atoms with Crippen LogP contribution >= 0.6 is 0 Å². The summed E-state index contributed by atoms with van der Waals surface area (Å²) in [5.74, 6) is 0.335. The van der Waals surface area contributed by atoms with E-state index in [9.17, 15) is 4.39 Å². The van der Waals surface area contributed by atoms with Crippen LogP contribution in [0.1, 0.15) is 32.5 Å². The van der Waals surface area contributed by atoms with Gasteiger partial charge in [0.05, 0.1) is 11.1 Å². The number of H-pyrrole nitrogens is 1. The number of para-hydroxylation sites is 1. The molecule has 0 saturated carbocycles. The average molecular weight is 221 g/mol. The van der Waals surface area contributed by atoms with Gasteiger partial charge >= 0.3 is 0 Å². The molecule has 3 N–H and O–H groups in total. The minimum absolute atomic E-state index is 0.313. The summed E-state index contributed by atoms with van der Waals surface area (Å²) in [6.45, 7) is 3.97. The van der Waals surface area contributed by atoms with E-state index in [4.69, 9.17) is 5.73 Å². The quantitative estimate of drug-likeness (QED) is 0.837. The number of hydrogen-bond donors (Lipinski definition) is 2. The zero-order chi connectivity index (χ0) is 11.8. The third-order valence-corrected chi connectivity index (χ3v) is 2.77. The van der Waals surface area contributed by atoms with Crippen molar-refractivity contribution in [3.63, 3.8) is 0 Å². The molecule has 16 heavy (non-hydrogen) atoms. The largest absolute Gasteiger partial charge is 0.340 e. The fourth-order valence-electron chi connectivity index (χ4n) is 1.91. The SMILES string of the molecule is CCCC(C)(N)c1nc2c(F)cccc2[nH]1. The number of aromatic nitrogens is 2. The number of hydrogen-bond acceptors (Lipinski definition) is 2. The third-order valence-electron chi connectivity index (χ3n) is 2.77. The van der Waals surface area contributed by atoms with Gasteiger partial charge in [-0.1, -0.05) is 19.4 Å². The minimum Gasteiger partial charge on any atom is -0.340 e. The smallest absolute Gasteiger partial charge is 0.151 e. The standard InChI is InChI=1S/C12H16FN3/c1-3-7-12(2,14)11-15-9-6-4-5-8(13)10(9)16-11/h4-6H,3,7,14H2,1-2H3,(H,15,16). The fourth-order valence-corrected chi connectivity index (χ4v) is 1.91. The van der Waals surface area contributed by atoms with E-state index in [1.165, 1.54) is 6.07 Å². The van der Waals surface area contributed by atoms with Crippen molar-refractivity contribution in [3.8, 4) is 0 Å². The van der Waals surface area contributed by atoms with Crippen molar-refractivity contribution >= 4 is 11.0 Å². The van der Waals surface area contributed by atoms with Gasteiger partial charge in [0.1, 0.15) is 11.3 Å². The second kappa shape index (κ2) is 3.87. The van der Waals surface area contributed by atoms with Crippen LogP contribution in [0.3, 0.4) is 0 Å². The molecule has 0 spiro atoms. The van der Waals surface area contributed by atoms with E-state index >= 15 is 0 Å². The first kappa shape index (κ1) is 11.1. The summed E-state index contributed by atoms with van der Waals surface area (Å²) >= 11 is 0. The van der Waals surface area contributed by atoms with Crippen LogP contribution in [0.2, 0.25) is 0 Å². The van der Waals surface area contributed by atoms with E-state index in [0.29, 0.717) is 16.9 Å². The van der Waals surface area contributed by atoms with E-state index < -0.39 is 5.54 Å². The summed E-state index contributed by atoms with van der Waals surface area (Å²) in [4.78, 5) is 7.33. The van der Waals surface area contributed by atoms with Crippen molar-refractivity contribution in [2.75, 3.05) is 0 Å². The lowest BCUT2D eigenvalue weighted by Gasteiger charge is -2.20. The number of imidazole rings is 1. The number of fused-ring (bicyclic) bond motifs is 1. The van der Waals surface area contributed by atoms with Crippen molar-refractivity contribution in [3.05, 3.63) is 29.8 Å². The molecule has 0 amide bonds. The lowest BCUT2D eigenvalue weighted by Crippen LogP contribution is -2.34. The van der Waals surface area contributed by atoms with Crippen LogP contribution in [0.15, 0.2) is 18.2 Å². The van der Waals surface area contributed by atoms with Crippen LogP contribution in [-0.2, 0) is 5.54 Å². The molecule has 1 unspecified atom stereocenters. The molecule has 0 aliphatic carbocycles. The van der Waals surface area contributed by atoms with E-state index in [1.54, 1.807) is 12.1 Å². The van der Waals surface area contributed by atoms with Crippen LogP contribution in [0.25, 0.3) is 11.0 Å². The molecular formula is C12H16FN3. The molecule has 2 rings (SSSR count). The van der Waals surface area contributed by atoms with Crippen molar-refractivity contribution in [2.24, 2.45) is 5.73 Å². The lowest BCUT2D eigenvalue weighted by molar-refractivity contribution is 0.424. The van der Waals surface area contributed by atoms with Gasteiger partial charge in [0.2, 0.25) is 0 Å². The molecule has 0 bridgehead atoms. The Morgan fingerprint density at radius 2 is 2.25 bits per heavy atom. The lowest BCUT2D eigenvalue weighted by atomic mass is 9.97. The maximum atomic E-state index is 13.5. The molecule has 86 valence electrons. The fraction of sp³-hybridized carbons (Fsp3) is 0.417. The Labute approximate surface area is 93.9 Å². The van der Waals surface area contributed by atoms with Crippen molar-refractivity contribution in [2.45, 2.75) is 32.2 Å².